The molecule has 0 bridgehead atoms. The van der Waals surface area contributed by atoms with Crippen molar-refractivity contribution in [3.8, 4) is 0 Å². The van der Waals surface area contributed by atoms with Crippen molar-refractivity contribution in [2.75, 3.05) is 50.7 Å². The van der Waals surface area contributed by atoms with Gasteiger partial charge in [0.15, 0.2) is 5.82 Å². The number of hydrogen-bond donors (Lipinski definition) is 1. The molecule has 0 saturated carbocycles. The molecule has 0 amide bonds. The van der Waals surface area contributed by atoms with Crippen LogP contribution in [0.25, 0.3) is 0 Å². The maximum atomic E-state index is 5.42. The highest BCUT2D eigenvalue weighted by atomic mass is 16.5. The first-order valence-electron chi connectivity index (χ1n) is 7.62. The van der Waals surface area contributed by atoms with Crippen LogP contribution in [0.15, 0.2) is 6.07 Å². The van der Waals surface area contributed by atoms with E-state index >= 15 is 0 Å². The summed E-state index contributed by atoms with van der Waals surface area (Å²) in [7, 11) is 3.75. The molecule has 0 radical (unpaired) electrons. The van der Waals surface area contributed by atoms with Gasteiger partial charge in [0.05, 0.1) is 0 Å². The first-order valence-corrected chi connectivity index (χ1v) is 7.62. The summed E-state index contributed by atoms with van der Waals surface area (Å²) in [5.74, 6) is 3.19. The predicted molar refractivity (Wildman–Crippen MR) is 83.7 cm³/mol. The maximum Gasteiger partial charge on any atom is 0.158 e. The second kappa shape index (κ2) is 8.14. The highest BCUT2D eigenvalue weighted by molar-refractivity contribution is 5.49. The van der Waals surface area contributed by atoms with Crippen molar-refractivity contribution < 1.29 is 9.47 Å². The largest absolute Gasteiger partial charge is 0.381 e. The molecule has 1 aromatic heterocycles. The first kappa shape index (κ1) is 16.0. The molecular formula is C15H26N4O2. The molecule has 1 saturated heterocycles. The van der Waals surface area contributed by atoms with Gasteiger partial charge in [-0.25, -0.2) is 9.97 Å². The Labute approximate surface area is 126 Å². The topological polar surface area (TPSA) is 59.5 Å². The number of methoxy groups -OCH3 is 1. The molecule has 2 heterocycles. The van der Waals surface area contributed by atoms with Crippen LogP contribution in [-0.2, 0) is 16.1 Å². The lowest BCUT2D eigenvalue weighted by Gasteiger charge is -2.28. The van der Waals surface area contributed by atoms with E-state index in [2.05, 4.69) is 34.2 Å². The van der Waals surface area contributed by atoms with Crippen LogP contribution in [0.3, 0.4) is 0 Å². The van der Waals surface area contributed by atoms with Crippen LogP contribution in [0.2, 0.25) is 0 Å². The number of hydrogen-bond acceptors (Lipinski definition) is 6. The van der Waals surface area contributed by atoms with E-state index in [9.17, 15) is 0 Å². The lowest BCUT2D eigenvalue weighted by atomic mass is 10.00. The number of aromatic nitrogens is 2. The minimum atomic E-state index is 0.428. The van der Waals surface area contributed by atoms with E-state index < -0.39 is 0 Å². The van der Waals surface area contributed by atoms with Gasteiger partial charge < -0.3 is 19.7 Å². The average molecular weight is 294 g/mol. The van der Waals surface area contributed by atoms with E-state index in [1.165, 1.54) is 0 Å². The van der Waals surface area contributed by atoms with Gasteiger partial charge in [-0.1, -0.05) is 0 Å². The summed E-state index contributed by atoms with van der Waals surface area (Å²) in [5, 5.41) is 3.25. The van der Waals surface area contributed by atoms with Crippen molar-refractivity contribution in [3.63, 3.8) is 0 Å². The van der Waals surface area contributed by atoms with Crippen LogP contribution in [0, 0.1) is 5.92 Å². The van der Waals surface area contributed by atoms with Crippen LogP contribution >= 0.6 is 0 Å². The lowest BCUT2D eigenvalue weighted by molar-refractivity contribution is 0.0685. The van der Waals surface area contributed by atoms with Crippen molar-refractivity contribution in [3.05, 3.63) is 11.9 Å². The zero-order valence-corrected chi connectivity index (χ0v) is 13.3. The Bertz CT molecular complexity index is 411. The molecule has 21 heavy (non-hydrogen) atoms. The summed E-state index contributed by atoms with van der Waals surface area (Å²) in [5.41, 5.74) is 0. The van der Waals surface area contributed by atoms with Crippen molar-refractivity contribution >= 4 is 11.6 Å². The molecule has 0 aliphatic carbocycles. The van der Waals surface area contributed by atoms with Crippen molar-refractivity contribution in [1.82, 2.24) is 9.97 Å². The van der Waals surface area contributed by atoms with Crippen LogP contribution in [0.1, 0.15) is 25.6 Å². The van der Waals surface area contributed by atoms with Crippen molar-refractivity contribution in [1.29, 1.82) is 0 Å². The zero-order valence-electron chi connectivity index (χ0n) is 13.3. The molecule has 1 N–H and O–H groups in total. The number of rotatable bonds is 7. The molecule has 0 aromatic carbocycles. The monoisotopic (exact) mass is 294 g/mol. The Morgan fingerprint density at radius 2 is 2.14 bits per heavy atom. The van der Waals surface area contributed by atoms with E-state index in [1.807, 2.05) is 6.07 Å². The summed E-state index contributed by atoms with van der Waals surface area (Å²) in [6, 6.07) is 2.00. The standard InChI is InChI=1S/C15H26N4O2/c1-4-16-13-9-15(18-14(17-13)11-20-3)19(2)10-12-5-7-21-8-6-12/h9,12H,4-8,10-11H2,1-3H3,(H,16,17,18). The molecule has 1 aliphatic rings. The van der Waals surface area contributed by atoms with Crippen molar-refractivity contribution in [2.45, 2.75) is 26.4 Å². The van der Waals surface area contributed by atoms with E-state index in [1.54, 1.807) is 7.11 Å². The Morgan fingerprint density at radius 1 is 1.38 bits per heavy atom. The number of nitrogens with zero attached hydrogens (tertiary/aromatic N) is 3. The second-order valence-corrected chi connectivity index (χ2v) is 5.43. The molecule has 118 valence electrons. The van der Waals surface area contributed by atoms with Crippen LogP contribution < -0.4 is 10.2 Å². The summed E-state index contributed by atoms with van der Waals surface area (Å²) in [6.07, 6.45) is 2.25. The fourth-order valence-electron chi connectivity index (χ4n) is 2.55. The molecule has 0 spiro atoms. The minimum absolute atomic E-state index is 0.428. The van der Waals surface area contributed by atoms with Gasteiger partial charge in [-0.15, -0.1) is 0 Å². The molecule has 6 nitrogen and oxygen atoms in total. The molecular weight excluding hydrogens is 268 g/mol. The molecule has 0 unspecified atom stereocenters. The van der Waals surface area contributed by atoms with Gasteiger partial charge in [-0.05, 0) is 25.7 Å². The highest BCUT2D eigenvalue weighted by Crippen LogP contribution is 2.20. The lowest BCUT2D eigenvalue weighted by Crippen LogP contribution is -2.30. The second-order valence-electron chi connectivity index (χ2n) is 5.43. The summed E-state index contributed by atoms with van der Waals surface area (Å²) in [4.78, 5) is 11.2. The molecule has 1 aliphatic heterocycles. The first-order chi connectivity index (χ1) is 10.2. The van der Waals surface area contributed by atoms with E-state index in [0.29, 0.717) is 18.3 Å². The molecule has 1 aromatic rings. The van der Waals surface area contributed by atoms with Crippen LogP contribution in [0.5, 0.6) is 0 Å². The van der Waals surface area contributed by atoms with E-state index in [-0.39, 0.29) is 0 Å². The van der Waals surface area contributed by atoms with Gasteiger partial charge in [0, 0.05) is 46.5 Å². The SMILES string of the molecule is CCNc1cc(N(C)CC2CCOCC2)nc(COC)n1. The van der Waals surface area contributed by atoms with Gasteiger partial charge in [-0.3, -0.25) is 0 Å². The van der Waals surface area contributed by atoms with Crippen molar-refractivity contribution in [2.24, 2.45) is 5.92 Å². The van der Waals surface area contributed by atoms with Gasteiger partial charge >= 0.3 is 0 Å². The summed E-state index contributed by atoms with van der Waals surface area (Å²) in [6.45, 7) is 6.07. The molecule has 2 rings (SSSR count). The van der Waals surface area contributed by atoms with Gasteiger partial charge in [0.1, 0.15) is 18.2 Å². The Balaban J connectivity index is 2.08. The number of nitrogens with one attached hydrogen (secondary N) is 1. The third kappa shape index (κ3) is 4.82. The average Bonchev–Trinajstić information content (AvgIpc) is 2.49. The summed E-state index contributed by atoms with van der Waals surface area (Å²) >= 11 is 0. The van der Waals surface area contributed by atoms with Gasteiger partial charge in [0.2, 0.25) is 0 Å². The zero-order chi connectivity index (χ0) is 15.1. The fourth-order valence-corrected chi connectivity index (χ4v) is 2.55. The number of ether oxygens (including phenoxy) is 2. The summed E-state index contributed by atoms with van der Waals surface area (Å²) < 4.78 is 10.6. The Morgan fingerprint density at radius 3 is 2.81 bits per heavy atom. The number of anilines is 2. The quantitative estimate of drug-likeness (QED) is 0.829. The molecule has 0 atom stereocenters. The third-order valence-corrected chi connectivity index (χ3v) is 3.65. The van der Waals surface area contributed by atoms with Crippen LogP contribution in [0.4, 0.5) is 11.6 Å². The van der Waals surface area contributed by atoms with Gasteiger partial charge in [0.25, 0.3) is 0 Å². The minimum Gasteiger partial charge on any atom is -0.381 e. The van der Waals surface area contributed by atoms with E-state index in [4.69, 9.17) is 9.47 Å². The highest BCUT2D eigenvalue weighted by Gasteiger charge is 2.17. The fraction of sp³-hybridized carbons (Fsp3) is 0.733. The Hall–Kier alpha value is -1.40. The van der Waals surface area contributed by atoms with Crippen LogP contribution in [-0.4, -0.2) is 50.4 Å². The predicted octanol–water partition coefficient (Wildman–Crippen LogP) is 1.92. The Kier molecular flexibility index (Phi) is 6.20. The molecule has 6 heteroatoms. The van der Waals surface area contributed by atoms with E-state index in [0.717, 1.165) is 50.8 Å². The van der Waals surface area contributed by atoms with Gasteiger partial charge in [-0.2, -0.15) is 0 Å². The normalized spacial score (nSPS) is 16.0. The third-order valence-electron chi connectivity index (χ3n) is 3.65. The maximum absolute atomic E-state index is 5.42. The molecule has 1 fully saturated rings. The smallest absolute Gasteiger partial charge is 0.158 e.